The Hall–Kier alpha value is -3.02. The molecule has 0 bridgehead atoms. The van der Waals surface area contributed by atoms with E-state index in [0.717, 1.165) is 22.4 Å². The first-order valence-corrected chi connectivity index (χ1v) is 9.77. The van der Waals surface area contributed by atoms with Crippen LogP contribution in [0, 0.1) is 26.7 Å². The second kappa shape index (κ2) is 8.99. The molecule has 6 nitrogen and oxygen atoms in total. The minimum Gasteiger partial charge on any atom is -0.490 e. The van der Waals surface area contributed by atoms with Crippen LogP contribution in [-0.4, -0.2) is 41.6 Å². The van der Waals surface area contributed by atoms with E-state index in [2.05, 4.69) is 13.0 Å². The van der Waals surface area contributed by atoms with E-state index in [1.807, 2.05) is 44.2 Å². The summed E-state index contributed by atoms with van der Waals surface area (Å²) in [5.41, 5.74) is 4.27. The van der Waals surface area contributed by atoms with Crippen LogP contribution in [-0.2, 0) is 16.1 Å². The molecule has 1 amide bonds. The summed E-state index contributed by atoms with van der Waals surface area (Å²) < 4.78 is 11.9. The van der Waals surface area contributed by atoms with Gasteiger partial charge in [-0.05, 0) is 43.5 Å². The molecule has 0 saturated carbocycles. The molecule has 1 fully saturated rings. The number of hydrogen-bond acceptors (Lipinski definition) is 4. The van der Waals surface area contributed by atoms with Gasteiger partial charge in [0, 0.05) is 25.1 Å². The van der Waals surface area contributed by atoms with Crippen molar-refractivity contribution in [2.24, 2.45) is 5.92 Å². The van der Waals surface area contributed by atoms with Crippen molar-refractivity contribution in [2.75, 3.05) is 19.8 Å². The maximum atomic E-state index is 12.1. The first-order valence-electron chi connectivity index (χ1n) is 9.77. The first kappa shape index (κ1) is 20.7. The van der Waals surface area contributed by atoms with E-state index in [0.29, 0.717) is 25.5 Å². The number of rotatable bonds is 8. The molecule has 29 heavy (non-hydrogen) atoms. The van der Waals surface area contributed by atoms with Crippen LogP contribution in [0.3, 0.4) is 0 Å². The fraction of sp³-hybridized carbons (Fsp3) is 0.391. The number of amides is 1. The molecular formula is C23H27NO5. The minimum atomic E-state index is -0.927. The number of carbonyl (C=O) groups is 2. The summed E-state index contributed by atoms with van der Waals surface area (Å²) in [6.07, 6.45) is 0.0569. The van der Waals surface area contributed by atoms with Crippen LogP contribution in [0.4, 0.5) is 0 Å². The van der Waals surface area contributed by atoms with Gasteiger partial charge < -0.3 is 19.5 Å². The number of benzene rings is 2. The second-order valence-corrected chi connectivity index (χ2v) is 7.47. The van der Waals surface area contributed by atoms with Gasteiger partial charge in [-0.1, -0.05) is 30.3 Å². The van der Waals surface area contributed by atoms with E-state index in [1.165, 1.54) is 5.56 Å². The lowest BCUT2D eigenvalue weighted by Crippen LogP contribution is -2.26. The third kappa shape index (κ3) is 4.88. The second-order valence-electron chi connectivity index (χ2n) is 7.47. The summed E-state index contributed by atoms with van der Waals surface area (Å²) in [6, 6.07) is 11.6. The lowest BCUT2D eigenvalue weighted by atomic mass is 10.1. The fourth-order valence-corrected chi connectivity index (χ4v) is 3.51. The number of aryl methyl sites for hydroxylation is 2. The standard InChI is InChI=1S/C23H27NO5/c1-15-8-9-16(2)22(17(15)3)29-11-10-28-20-7-5-4-6-18(20)13-24-14-19(23(26)27)12-21(24)25/h4-9,19H,10-14H2,1-3H3,(H,26,27). The van der Waals surface area contributed by atoms with Crippen molar-refractivity contribution in [1.82, 2.24) is 4.90 Å². The Labute approximate surface area is 171 Å². The Balaban J connectivity index is 1.58. The van der Waals surface area contributed by atoms with E-state index >= 15 is 0 Å². The van der Waals surface area contributed by atoms with Crippen LogP contribution >= 0.6 is 0 Å². The van der Waals surface area contributed by atoms with Gasteiger partial charge in [-0.2, -0.15) is 0 Å². The summed E-state index contributed by atoms with van der Waals surface area (Å²) in [7, 11) is 0. The van der Waals surface area contributed by atoms with Crippen LogP contribution in [0.5, 0.6) is 11.5 Å². The van der Waals surface area contributed by atoms with Gasteiger partial charge in [0.05, 0.1) is 5.92 Å². The molecule has 154 valence electrons. The highest BCUT2D eigenvalue weighted by Crippen LogP contribution is 2.27. The Kier molecular flexibility index (Phi) is 6.42. The molecule has 0 radical (unpaired) electrons. The predicted octanol–water partition coefficient (Wildman–Crippen LogP) is 3.50. The quantitative estimate of drug-likeness (QED) is 0.690. The minimum absolute atomic E-state index is 0.0569. The number of aliphatic carboxylic acids is 1. The van der Waals surface area contributed by atoms with Crippen molar-refractivity contribution in [2.45, 2.75) is 33.7 Å². The third-order valence-corrected chi connectivity index (χ3v) is 5.36. The highest BCUT2D eigenvalue weighted by atomic mass is 16.5. The van der Waals surface area contributed by atoms with E-state index < -0.39 is 11.9 Å². The van der Waals surface area contributed by atoms with E-state index in [4.69, 9.17) is 14.6 Å². The molecular weight excluding hydrogens is 370 g/mol. The SMILES string of the molecule is Cc1ccc(C)c(OCCOc2ccccc2CN2CC(C(=O)O)CC2=O)c1C. The Morgan fingerprint density at radius 2 is 1.76 bits per heavy atom. The molecule has 1 N–H and O–H groups in total. The molecule has 2 aromatic carbocycles. The van der Waals surface area contributed by atoms with E-state index in [1.54, 1.807) is 4.90 Å². The van der Waals surface area contributed by atoms with Crippen LogP contribution in [0.25, 0.3) is 0 Å². The molecule has 1 unspecified atom stereocenters. The first-order chi connectivity index (χ1) is 13.9. The van der Waals surface area contributed by atoms with Gasteiger partial charge >= 0.3 is 5.97 Å². The molecule has 1 heterocycles. The number of carboxylic acid groups (broad SMARTS) is 1. The highest BCUT2D eigenvalue weighted by Gasteiger charge is 2.34. The van der Waals surface area contributed by atoms with Gasteiger partial charge in [-0.3, -0.25) is 9.59 Å². The largest absolute Gasteiger partial charge is 0.490 e. The molecule has 1 aliphatic heterocycles. The van der Waals surface area contributed by atoms with Crippen LogP contribution in [0.2, 0.25) is 0 Å². The van der Waals surface area contributed by atoms with Gasteiger partial charge in [0.2, 0.25) is 5.91 Å². The number of likely N-dealkylation sites (tertiary alicyclic amines) is 1. The topological polar surface area (TPSA) is 76.1 Å². The average molecular weight is 397 g/mol. The van der Waals surface area contributed by atoms with Gasteiger partial charge in [0.1, 0.15) is 24.7 Å². The van der Waals surface area contributed by atoms with E-state index in [-0.39, 0.29) is 18.9 Å². The number of ether oxygens (including phenoxy) is 2. The summed E-state index contributed by atoms with van der Waals surface area (Å²) in [6.45, 7) is 7.48. The molecule has 0 spiro atoms. The Morgan fingerprint density at radius 3 is 2.48 bits per heavy atom. The molecule has 1 atom stereocenters. The zero-order valence-electron chi connectivity index (χ0n) is 17.1. The van der Waals surface area contributed by atoms with Gasteiger partial charge in [-0.15, -0.1) is 0 Å². The number of nitrogens with zero attached hydrogens (tertiary/aromatic N) is 1. The molecule has 3 rings (SSSR count). The molecule has 2 aromatic rings. The monoisotopic (exact) mass is 397 g/mol. The summed E-state index contributed by atoms with van der Waals surface area (Å²) >= 11 is 0. The third-order valence-electron chi connectivity index (χ3n) is 5.36. The number of para-hydroxylation sites is 1. The number of carbonyl (C=O) groups excluding carboxylic acids is 1. The van der Waals surface area contributed by atoms with Crippen molar-refractivity contribution in [1.29, 1.82) is 0 Å². The van der Waals surface area contributed by atoms with E-state index in [9.17, 15) is 9.59 Å². The highest BCUT2D eigenvalue weighted by molar-refractivity contribution is 5.86. The van der Waals surface area contributed by atoms with Crippen molar-refractivity contribution < 1.29 is 24.2 Å². The zero-order valence-corrected chi connectivity index (χ0v) is 17.1. The number of hydrogen-bond donors (Lipinski definition) is 1. The zero-order chi connectivity index (χ0) is 21.0. The summed E-state index contributed by atoms with van der Waals surface area (Å²) in [5, 5.41) is 9.15. The maximum absolute atomic E-state index is 12.1. The molecule has 1 saturated heterocycles. The van der Waals surface area contributed by atoms with Gasteiger partial charge in [0.25, 0.3) is 0 Å². The lowest BCUT2D eigenvalue weighted by Gasteiger charge is -2.19. The number of carboxylic acids is 1. The Morgan fingerprint density at radius 1 is 1.07 bits per heavy atom. The van der Waals surface area contributed by atoms with Crippen molar-refractivity contribution in [3.8, 4) is 11.5 Å². The normalized spacial score (nSPS) is 16.2. The molecule has 0 aliphatic carbocycles. The van der Waals surface area contributed by atoms with Gasteiger partial charge in [-0.25, -0.2) is 0 Å². The average Bonchev–Trinajstić information content (AvgIpc) is 3.06. The van der Waals surface area contributed by atoms with Crippen LogP contribution < -0.4 is 9.47 Å². The smallest absolute Gasteiger partial charge is 0.308 e. The summed E-state index contributed by atoms with van der Waals surface area (Å²) in [4.78, 5) is 24.9. The maximum Gasteiger partial charge on any atom is 0.308 e. The predicted molar refractivity (Wildman–Crippen MR) is 109 cm³/mol. The molecule has 1 aliphatic rings. The summed E-state index contributed by atoms with van der Waals surface area (Å²) in [5.74, 6) is -0.125. The molecule has 6 heteroatoms. The van der Waals surface area contributed by atoms with Crippen LogP contribution in [0.1, 0.15) is 28.7 Å². The van der Waals surface area contributed by atoms with Crippen molar-refractivity contribution >= 4 is 11.9 Å². The van der Waals surface area contributed by atoms with Crippen molar-refractivity contribution in [3.05, 3.63) is 58.7 Å². The fourth-order valence-electron chi connectivity index (χ4n) is 3.51. The van der Waals surface area contributed by atoms with Crippen molar-refractivity contribution in [3.63, 3.8) is 0 Å². The molecule has 0 aromatic heterocycles. The lowest BCUT2D eigenvalue weighted by molar-refractivity contribution is -0.141. The van der Waals surface area contributed by atoms with Crippen LogP contribution in [0.15, 0.2) is 36.4 Å². The Bertz CT molecular complexity index is 908. The van der Waals surface area contributed by atoms with Gasteiger partial charge in [0.15, 0.2) is 0 Å².